The topological polar surface area (TPSA) is 75.7 Å². The van der Waals surface area contributed by atoms with Crippen molar-refractivity contribution >= 4 is 0 Å². The Labute approximate surface area is 82.9 Å². The van der Waals surface area contributed by atoms with Gasteiger partial charge in [0.2, 0.25) is 0 Å². The van der Waals surface area contributed by atoms with Gasteiger partial charge in [0, 0.05) is 12.1 Å². The highest BCUT2D eigenvalue weighted by atomic mass is 16.5. The molecule has 0 aliphatic heterocycles. The van der Waals surface area contributed by atoms with Crippen LogP contribution in [0.15, 0.2) is 18.2 Å². The zero-order valence-corrected chi connectivity index (χ0v) is 8.10. The summed E-state index contributed by atoms with van der Waals surface area (Å²) in [5.74, 6) is 0.338. The molecule has 4 N–H and O–H groups in total. The fraction of sp³-hybridized carbons (Fsp3) is 0.400. The van der Waals surface area contributed by atoms with Crippen LogP contribution in [0.5, 0.6) is 11.5 Å². The van der Waals surface area contributed by atoms with E-state index in [4.69, 9.17) is 10.5 Å². The maximum Gasteiger partial charge on any atom is 0.163 e. The summed E-state index contributed by atoms with van der Waals surface area (Å²) in [5, 5.41) is 19.1. The molecule has 0 radical (unpaired) electrons. The molecule has 1 rings (SSSR count). The summed E-state index contributed by atoms with van der Waals surface area (Å²) in [7, 11) is 0. The number of hydrogen-bond acceptors (Lipinski definition) is 4. The van der Waals surface area contributed by atoms with Crippen molar-refractivity contribution < 1.29 is 14.9 Å². The lowest BCUT2D eigenvalue weighted by atomic mass is 10.1. The molecule has 78 valence electrons. The van der Waals surface area contributed by atoms with Crippen molar-refractivity contribution in [1.29, 1.82) is 0 Å². The summed E-state index contributed by atoms with van der Waals surface area (Å²) in [6, 6.07) is 4.97. The Hall–Kier alpha value is -1.26. The van der Waals surface area contributed by atoms with E-state index in [1.165, 1.54) is 0 Å². The van der Waals surface area contributed by atoms with E-state index in [9.17, 15) is 10.2 Å². The number of aliphatic hydroxyl groups is 1. The molecule has 0 aromatic heterocycles. The van der Waals surface area contributed by atoms with Gasteiger partial charge in [0.1, 0.15) is 0 Å². The summed E-state index contributed by atoms with van der Waals surface area (Å²) >= 11 is 0. The van der Waals surface area contributed by atoms with Crippen LogP contribution in [-0.2, 0) is 0 Å². The summed E-state index contributed by atoms with van der Waals surface area (Å²) in [6.45, 7) is 2.37. The first-order valence-electron chi connectivity index (χ1n) is 4.53. The van der Waals surface area contributed by atoms with E-state index in [-0.39, 0.29) is 12.3 Å². The predicted octanol–water partition coefficient (Wildman–Crippen LogP) is 0.783. The number of aromatic hydroxyl groups is 1. The fourth-order valence-electron chi connectivity index (χ4n) is 1.21. The minimum atomic E-state index is -0.851. The Bertz CT molecular complexity index is 301. The molecule has 1 aromatic rings. The first kappa shape index (κ1) is 10.8. The lowest BCUT2D eigenvalue weighted by Gasteiger charge is -2.13. The van der Waals surface area contributed by atoms with Crippen LogP contribution in [0.3, 0.4) is 0 Å². The van der Waals surface area contributed by atoms with Gasteiger partial charge in [-0.05, 0) is 13.0 Å². The van der Waals surface area contributed by atoms with Gasteiger partial charge in [-0.1, -0.05) is 12.1 Å². The molecular formula is C10H15NO3. The maximum atomic E-state index is 9.68. The standard InChI is InChI=1S/C10H15NO3/c1-2-14-9-5-3-4-7(10(9)13)8(12)6-11/h3-5,8,12-13H,2,6,11H2,1H3/t8-/m0/s1. The van der Waals surface area contributed by atoms with E-state index in [0.717, 1.165) is 0 Å². The van der Waals surface area contributed by atoms with Crippen molar-refractivity contribution in [3.63, 3.8) is 0 Å². The van der Waals surface area contributed by atoms with Crippen LogP contribution < -0.4 is 10.5 Å². The molecule has 0 bridgehead atoms. The van der Waals surface area contributed by atoms with Gasteiger partial charge < -0.3 is 20.7 Å². The zero-order chi connectivity index (χ0) is 10.6. The van der Waals surface area contributed by atoms with Crippen LogP contribution in [0.25, 0.3) is 0 Å². The number of para-hydroxylation sites is 1. The molecule has 4 nitrogen and oxygen atoms in total. The molecule has 4 heteroatoms. The number of aliphatic hydroxyl groups excluding tert-OH is 1. The molecule has 0 aliphatic carbocycles. The van der Waals surface area contributed by atoms with E-state index in [2.05, 4.69) is 0 Å². The van der Waals surface area contributed by atoms with Gasteiger partial charge in [-0.15, -0.1) is 0 Å². The Balaban J connectivity index is 3.00. The van der Waals surface area contributed by atoms with Crippen LogP contribution in [-0.4, -0.2) is 23.4 Å². The first-order chi connectivity index (χ1) is 6.70. The van der Waals surface area contributed by atoms with Gasteiger partial charge in [0.05, 0.1) is 12.7 Å². The molecule has 0 saturated carbocycles. The van der Waals surface area contributed by atoms with Crippen LogP contribution in [0.2, 0.25) is 0 Å². The van der Waals surface area contributed by atoms with E-state index in [0.29, 0.717) is 17.9 Å². The average Bonchev–Trinajstić information content (AvgIpc) is 2.20. The largest absolute Gasteiger partial charge is 0.504 e. The van der Waals surface area contributed by atoms with Crippen molar-refractivity contribution in [3.05, 3.63) is 23.8 Å². The van der Waals surface area contributed by atoms with Crippen molar-refractivity contribution in [2.75, 3.05) is 13.2 Å². The third-order valence-electron chi connectivity index (χ3n) is 1.91. The van der Waals surface area contributed by atoms with E-state index >= 15 is 0 Å². The van der Waals surface area contributed by atoms with Gasteiger partial charge in [-0.3, -0.25) is 0 Å². The van der Waals surface area contributed by atoms with Gasteiger partial charge in [0.15, 0.2) is 11.5 Å². The molecule has 0 spiro atoms. The van der Waals surface area contributed by atoms with Crippen molar-refractivity contribution in [2.45, 2.75) is 13.0 Å². The van der Waals surface area contributed by atoms with E-state index in [1.54, 1.807) is 18.2 Å². The number of ether oxygens (including phenoxy) is 1. The number of phenols is 1. The fourth-order valence-corrected chi connectivity index (χ4v) is 1.21. The van der Waals surface area contributed by atoms with Gasteiger partial charge in [-0.25, -0.2) is 0 Å². The smallest absolute Gasteiger partial charge is 0.163 e. The molecule has 14 heavy (non-hydrogen) atoms. The number of benzene rings is 1. The van der Waals surface area contributed by atoms with Crippen LogP contribution in [0, 0.1) is 0 Å². The Kier molecular flexibility index (Phi) is 3.73. The molecule has 0 heterocycles. The number of rotatable bonds is 4. The molecule has 0 saturated heterocycles. The quantitative estimate of drug-likeness (QED) is 0.666. The summed E-state index contributed by atoms with van der Waals surface area (Å²) in [5.41, 5.74) is 5.70. The van der Waals surface area contributed by atoms with Crippen LogP contribution in [0.1, 0.15) is 18.6 Å². The monoisotopic (exact) mass is 197 g/mol. The minimum Gasteiger partial charge on any atom is -0.504 e. The summed E-state index contributed by atoms with van der Waals surface area (Å²) in [4.78, 5) is 0. The molecule has 1 aromatic carbocycles. The van der Waals surface area contributed by atoms with Crippen molar-refractivity contribution in [1.82, 2.24) is 0 Å². The highest BCUT2D eigenvalue weighted by Crippen LogP contribution is 2.33. The molecule has 0 amide bonds. The lowest BCUT2D eigenvalue weighted by molar-refractivity contribution is 0.181. The highest BCUT2D eigenvalue weighted by Gasteiger charge is 2.13. The Morgan fingerprint density at radius 1 is 1.50 bits per heavy atom. The predicted molar refractivity (Wildman–Crippen MR) is 53.3 cm³/mol. The lowest BCUT2D eigenvalue weighted by Crippen LogP contribution is -2.11. The average molecular weight is 197 g/mol. The molecular weight excluding hydrogens is 182 g/mol. The van der Waals surface area contributed by atoms with Crippen molar-refractivity contribution in [3.8, 4) is 11.5 Å². The SMILES string of the molecule is CCOc1cccc([C@@H](O)CN)c1O. The second-order valence-electron chi connectivity index (χ2n) is 2.88. The highest BCUT2D eigenvalue weighted by molar-refractivity contribution is 5.46. The third-order valence-corrected chi connectivity index (χ3v) is 1.91. The zero-order valence-electron chi connectivity index (χ0n) is 8.10. The second kappa shape index (κ2) is 4.83. The molecule has 1 atom stereocenters. The van der Waals surface area contributed by atoms with Crippen molar-refractivity contribution in [2.24, 2.45) is 5.73 Å². The second-order valence-corrected chi connectivity index (χ2v) is 2.88. The van der Waals surface area contributed by atoms with E-state index < -0.39 is 6.10 Å². The van der Waals surface area contributed by atoms with Gasteiger partial charge in [0.25, 0.3) is 0 Å². The van der Waals surface area contributed by atoms with Crippen LogP contribution in [0.4, 0.5) is 0 Å². The maximum absolute atomic E-state index is 9.68. The number of nitrogens with two attached hydrogens (primary N) is 1. The Morgan fingerprint density at radius 3 is 2.79 bits per heavy atom. The minimum absolute atomic E-state index is 0.0349. The van der Waals surface area contributed by atoms with Gasteiger partial charge in [-0.2, -0.15) is 0 Å². The molecule has 0 unspecified atom stereocenters. The summed E-state index contributed by atoms with van der Waals surface area (Å²) < 4.78 is 5.17. The Morgan fingerprint density at radius 2 is 2.21 bits per heavy atom. The third kappa shape index (κ3) is 2.16. The normalized spacial score (nSPS) is 12.5. The van der Waals surface area contributed by atoms with Gasteiger partial charge >= 0.3 is 0 Å². The number of hydrogen-bond donors (Lipinski definition) is 3. The van der Waals surface area contributed by atoms with E-state index in [1.807, 2.05) is 6.92 Å². The first-order valence-corrected chi connectivity index (χ1v) is 4.53. The molecule has 0 aliphatic rings. The number of phenolic OH excluding ortho intramolecular Hbond substituents is 1. The van der Waals surface area contributed by atoms with Crippen LogP contribution >= 0.6 is 0 Å². The summed E-state index contributed by atoms with van der Waals surface area (Å²) in [6.07, 6.45) is -0.851. The molecule has 0 fully saturated rings.